The molecule has 3 rings (SSSR count). The van der Waals surface area contributed by atoms with Crippen molar-refractivity contribution in [2.45, 2.75) is 58.4 Å². The highest BCUT2D eigenvalue weighted by molar-refractivity contribution is 5.82. The molecular weight excluding hydrogens is 306 g/mol. The summed E-state index contributed by atoms with van der Waals surface area (Å²) >= 11 is 0. The number of hydrogen-bond acceptors (Lipinski definition) is 5. The molecule has 130 valence electrons. The standard InChI is InChI=1S/C16H25N7O/c1-11-13(12(2)18-17-11)8-6-9-22(3)16(24)14-7-4-5-10-23-15(14)19-20-21-23/h14H,4-10H2,1-3H3,(H,17,18). The molecule has 2 aromatic heterocycles. The first-order valence-corrected chi connectivity index (χ1v) is 8.59. The minimum absolute atomic E-state index is 0.119. The number of nitrogens with zero attached hydrogens (tertiary/aromatic N) is 6. The van der Waals surface area contributed by atoms with E-state index < -0.39 is 0 Å². The van der Waals surface area contributed by atoms with E-state index in [2.05, 4.69) is 25.7 Å². The first kappa shape index (κ1) is 16.6. The van der Waals surface area contributed by atoms with Crippen molar-refractivity contribution in [2.24, 2.45) is 0 Å². The van der Waals surface area contributed by atoms with Crippen molar-refractivity contribution in [1.29, 1.82) is 0 Å². The summed E-state index contributed by atoms with van der Waals surface area (Å²) in [6, 6.07) is 0. The van der Waals surface area contributed by atoms with Gasteiger partial charge in [0.25, 0.3) is 0 Å². The van der Waals surface area contributed by atoms with E-state index in [9.17, 15) is 4.79 Å². The Bertz CT molecular complexity index is 686. The highest BCUT2D eigenvalue weighted by Gasteiger charge is 2.30. The summed E-state index contributed by atoms with van der Waals surface area (Å²) in [6.45, 7) is 5.57. The molecule has 0 saturated heterocycles. The van der Waals surface area contributed by atoms with E-state index in [1.165, 1.54) is 5.56 Å². The van der Waals surface area contributed by atoms with Crippen molar-refractivity contribution in [3.8, 4) is 0 Å². The number of amides is 1. The summed E-state index contributed by atoms with van der Waals surface area (Å²) < 4.78 is 1.78. The maximum Gasteiger partial charge on any atom is 0.233 e. The fourth-order valence-electron chi connectivity index (χ4n) is 3.41. The molecule has 0 aliphatic carbocycles. The zero-order valence-corrected chi connectivity index (χ0v) is 14.6. The van der Waals surface area contributed by atoms with Gasteiger partial charge in [-0.05, 0) is 55.5 Å². The second-order valence-electron chi connectivity index (χ2n) is 6.58. The van der Waals surface area contributed by atoms with E-state index in [4.69, 9.17) is 0 Å². The summed E-state index contributed by atoms with van der Waals surface area (Å²) in [4.78, 5) is 14.7. The van der Waals surface area contributed by atoms with E-state index >= 15 is 0 Å². The van der Waals surface area contributed by atoms with Crippen LogP contribution in [0.1, 0.15) is 54.4 Å². The Balaban J connectivity index is 1.59. The van der Waals surface area contributed by atoms with E-state index in [1.54, 1.807) is 4.68 Å². The normalized spacial score (nSPS) is 17.4. The highest BCUT2D eigenvalue weighted by atomic mass is 16.2. The number of aryl methyl sites for hydroxylation is 3. The van der Waals surface area contributed by atoms with Crippen LogP contribution in [0.3, 0.4) is 0 Å². The quantitative estimate of drug-likeness (QED) is 0.893. The van der Waals surface area contributed by atoms with Gasteiger partial charge in [-0.3, -0.25) is 9.89 Å². The van der Waals surface area contributed by atoms with E-state index in [0.29, 0.717) is 5.82 Å². The lowest BCUT2D eigenvalue weighted by Crippen LogP contribution is -2.33. The second-order valence-corrected chi connectivity index (χ2v) is 6.58. The summed E-state index contributed by atoms with van der Waals surface area (Å²) in [7, 11) is 1.87. The van der Waals surface area contributed by atoms with Gasteiger partial charge in [-0.2, -0.15) is 5.10 Å². The van der Waals surface area contributed by atoms with Gasteiger partial charge in [0.05, 0.1) is 11.6 Å². The highest BCUT2D eigenvalue weighted by Crippen LogP contribution is 2.25. The molecule has 8 heteroatoms. The lowest BCUT2D eigenvalue weighted by molar-refractivity contribution is -0.132. The van der Waals surface area contributed by atoms with Crippen molar-refractivity contribution in [3.63, 3.8) is 0 Å². The molecule has 1 unspecified atom stereocenters. The summed E-state index contributed by atoms with van der Waals surface area (Å²) in [5.74, 6) is 0.615. The minimum Gasteiger partial charge on any atom is -0.345 e. The molecule has 0 saturated carbocycles. The molecule has 24 heavy (non-hydrogen) atoms. The number of aromatic nitrogens is 6. The lowest BCUT2D eigenvalue weighted by atomic mass is 10.0. The smallest absolute Gasteiger partial charge is 0.233 e. The minimum atomic E-state index is -0.218. The summed E-state index contributed by atoms with van der Waals surface area (Å²) in [5, 5.41) is 19.1. The number of nitrogens with one attached hydrogen (secondary N) is 1. The maximum absolute atomic E-state index is 12.8. The van der Waals surface area contributed by atoms with Crippen LogP contribution >= 0.6 is 0 Å². The first-order valence-electron chi connectivity index (χ1n) is 8.59. The van der Waals surface area contributed by atoms with Crippen molar-refractivity contribution >= 4 is 5.91 Å². The molecule has 1 amide bonds. The van der Waals surface area contributed by atoms with Crippen LogP contribution in [-0.2, 0) is 17.8 Å². The summed E-state index contributed by atoms with van der Waals surface area (Å²) in [6.07, 6.45) is 4.70. The number of rotatable bonds is 5. The van der Waals surface area contributed by atoms with Gasteiger partial charge < -0.3 is 4.90 Å². The third-order valence-electron chi connectivity index (χ3n) is 4.86. The van der Waals surface area contributed by atoms with Crippen molar-refractivity contribution in [2.75, 3.05) is 13.6 Å². The van der Waals surface area contributed by atoms with Crippen molar-refractivity contribution < 1.29 is 4.79 Å². The van der Waals surface area contributed by atoms with Gasteiger partial charge >= 0.3 is 0 Å². The molecule has 3 heterocycles. The molecule has 1 aliphatic heterocycles. The van der Waals surface area contributed by atoms with Gasteiger partial charge in [-0.1, -0.05) is 6.42 Å². The van der Waals surface area contributed by atoms with Crippen LogP contribution in [0.15, 0.2) is 0 Å². The fraction of sp³-hybridized carbons (Fsp3) is 0.688. The maximum atomic E-state index is 12.8. The van der Waals surface area contributed by atoms with Gasteiger partial charge in [-0.25, -0.2) is 4.68 Å². The van der Waals surface area contributed by atoms with Crippen LogP contribution in [0.2, 0.25) is 0 Å². The molecule has 1 atom stereocenters. The van der Waals surface area contributed by atoms with Crippen LogP contribution < -0.4 is 0 Å². The number of likely N-dealkylation sites (N-methyl/N-ethyl adjacent to an activating group) is 1. The third kappa shape index (κ3) is 3.32. The Hall–Kier alpha value is -2.25. The molecule has 1 N–H and O–H groups in total. The van der Waals surface area contributed by atoms with Crippen LogP contribution in [0.5, 0.6) is 0 Å². The van der Waals surface area contributed by atoms with E-state index in [1.807, 2.05) is 25.8 Å². The average Bonchev–Trinajstić information content (AvgIpc) is 3.09. The molecule has 0 aromatic carbocycles. The predicted molar refractivity (Wildman–Crippen MR) is 88.4 cm³/mol. The molecule has 0 fully saturated rings. The molecule has 8 nitrogen and oxygen atoms in total. The number of carbonyl (C=O) groups is 1. The SMILES string of the molecule is Cc1n[nH]c(C)c1CCCN(C)C(=O)C1CCCCn2nnnc21. The number of H-pyrrole nitrogens is 1. The molecule has 0 bridgehead atoms. The number of carbonyl (C=O) groups excluding carboxylic acids is 1. The molecule has 2 aromatic rings. The van der Waals surface area contributed by atoms with Crippen LogP contribution in [0.25, 0.3) is 0 Å². The van der Waals surface area contributed by atoms with Crippen LogP contribution in [-0.4, -0.2) is 54.8 Å². The van der Waals surface area contributed by atoms with Gasteiger partial charge in [0.1, 0.15) is 0 Å². The van der Waals surface area contributed by atoms with Gasteiger partial charge in [-0.15, -0.1) is 5.10 Å². The molecular formula is C16H25N7O. The Morgan fingerprint density at radius 3 is 2.96 bits per heavy atom. The van der Waals surface area contributed by atoms with Crippen molar-refractivity contribution in [3.05, 3.63) is 22.8 Å². The summed E-state index contributed by atoms with van der Waals surface area (Å²) in [5.41, 5.74) is 3.42. The van der Waals surface area contributed by atoms with Crippen LogP contribution in [0, 0.1) is 13.8 Å². The Labute approximate surface area is 141 Å². The zero-order valence-electron chi connectivity index (χ0n) is 14.6. The number of hydrogen-bond donors (Lipinski definition) is 1. The van der Waals surface area contributed by atoms with Crippen LogP contribution in [0.4, 0.5) is 0 Å². The fourth-order valence-corrected chi connectivity index (χ4v) is 3.41. The first-order chi connectivity index (χ1) is 11.6. The monoisotopic (exact) mass is 331 g/mol. The largest absolute Gasteiger partial charge is 0.345 e. The van der Waals surface area contributed by atoms with E-state index in [0.717, 1.165) is 56.6 Å². The number of tetrazole rings is 1. The number of aromatic amines is 1. The Morgan fingerprint density at radius 1 is 1.38 bits per heavy atom. The Kier molecular flexibility index (Phi) is 4.92. The van der Waals surface area contributed by atoms with Crippen molar-refractivity contribution in [1.82, 2.24) is 35.3 Å². The molecule has 0 radical (unpaired) electrons. The third-order valence-corrected chi connectivity index (χ3v) is 4.86. The Morgan fingerprint density at radius 2 is 2.21 bits per heavy atom. The predicted octanol–water partition coefficient (Wildman–Crippen LogP) is 1.37. The second kappa shape index (κ2) is 7.11. The van der Waals surface area contributed by atoms with Gasteiger partial charge in [0, 0.05) is 25.8 Å². The number of fused-ring (bicyclic) bond motifs is 1. The average molecular weight is 331 g/mol. The van der Waals surface area contributed by atoms with Gasteiger partial charge in [0.2, 0.25) is 5.91 Å². The van der Waals surface area contributed by atoms with E-state index in [-0.39, 0.29) is 11.8 Å². The molecule has 1 aliphatic rings. The van der Waals surface area contributed by atoms with Gasteiger partial charge in [0.15, 0.2) is 5.82 Å². The lowest BCUT2D eigenvalue weighted by Gasteiger charge is -2.22. The zero-order chi connectivity index (χ0) is 17.1. The molecule has 0 spiro atoms. The topological polar surface area (TPSA) is 92.6 Å².